The monoisotopic (exact) mass is 276 g/mol. The average molecular weight is 276 g/mol. The number of methoxy groups -OCH3 is 1. The Morgan fingerprint density at radius 2 is 2.25 bits per heavy atom. The zero-order valence-corrected chi connectivity index (χ0v) is 11.1. The second-order valence-corrected chi connectivity index (χ2v) is 4.12. The van der Waals surface area contributed by atoms with Gasteiger partial charge in [-0.25, -0.2) is 9.78 Å². The van der Waals surface area contributed by atoms with Crippen LogP contribution in [-0.2, 0) is 9.53 Å². The van der Waals surface area contributed by atoms with Crippen molar-refractivity contribution in [2.75, 3.05) is 32.2 Å². The molecule has 0 aliphatic rings. The average Bonchev–Trinajstić information content (AvgIpc) is 2.46. The number of nitrogens with zero attached hydrogens (tertiary/aromatic N) is 1. The minimum atomic E-state index is -0.974. The van der Waals surface area contributed by atoms with E-state index >= 15 is 0 Å². The fraction of sp³-hybridized carbons (Fsp3) is 0.286. The Morgan fingerprint density at radius 3 is 3.00 bits per heavy atom. The maximum Gasteiger partial charge on any atom is 0.329 e. The van der Waals surface area contributed by atoms with Gasteiger partial charge in [0.1, 0.15) is 18.2 Å². The standard InChI is InChI=1S/C14H16N2O4/c1-19-11-3-2-10-4-5-15-14(12(10)8-11)16-6-7-20-9-13(17)18/h2-5,8H,6-7,9H2,1H3,(H,15,16)(H,17,18). The van der Waals surface area contributed by atoms with Crippen molar-refractivity contribution in [1.82, 2.24) is 4.98 Å². The van der Waals surface area contributed by atoms with Crippen LogP contribution in [0.25, 0.3) is 10.8 Å². The van der Waals surface area contributed by atoms with Gasteiger partial charge in [-0.05, 0) is 23.6 Å². The Bertz CT molecular complexity index is 601. The molecule has 0 bridgehead atoms. The minimum Gasteiger partial charge on any atom is -0.497 e. The largest absolute Gasteiger partial charge is 0.497 e. The normalized spacial score (nSPS) is 10.4. The van der Waals surface area contributed by atoms with Crippen LogP contribution in [0.2, 0.25) is 0 Å². The van der Waals surface area contributed by atoms with Crippen molar-refractivity contribution >= 4 is 22.6 Å². The fourth-order valence-corrected chi connectivity index (χ4v) is 1.82. The highest BCUT2D eigenvalue weighted by Gasteiger charge is 2.04. The Hall–Kier alpha value is -2.34. The lowest BCUT2D eigenvalue weighted by Crippen LogP contribution is -2.14. The van der Waals surface area contributed by atoms with Crippen LogP contribution in [0.1, 0.15) is 0 Å². The summed E-state index contributed by atoms with van der Waals surface area (Å²) in [7, 11) is 1.62. The van der Waals surface area contributed by atoms with E-state index in [0.29, 0.717) is 13.2 Å². The fourth-order valence-electron chi connectivity index (χ4n) is 1.82. The number of ether oxygens (including phenoxy) is 2. The molecule has 2 aromatic rings. The summed E-state index contributed by atoms with van der Waals surface area (Å²) in [5.41, 5.74) is 0. The number of anilines is 1. The van der Waals surface area contributed by atoms with Gasteiger partial charge < -0.3 is 19.9 Å². The van der Waals surface area contributed by atoms with Gasteiger partial charge >= 0.3 is 5.97 Å². The smallest absolute Gasteiger partial charge is 0.329 e. The van der Waals surface area contributed by atoms with E-state index in [4.69, 9.17) is 14.6 Å². The molecule has 6 nitrogen and oxygen atoms in total. The molecule has 20 heavy (non-hydrogen) atoms. The predicted octanol–water partition coefficient (Wildman–Crippen LogP) is 1.76. The molecular formula is C14H16N2O4. The summed E-state index contributed by atoms with van der Waals surface area (Å²) in [5.74, 6) is 0.508. The molecule has 0 amide bonds. The Kier molecular flexibility index (Phi) is 4.73. The number of aromatic nitrogens is 1. The zero-order chi connectivity index (χ0) is 14.4. The van der Waals surface area contributed by atoms with E-state index in [9.17, 15) is 4.79 Å². The molecule has 0 fully saturated rings. The van der Waals surface area contributed by atoms with Gasteiger partial charge in [0.05, 0.1) is 13.7 Å². The number of nitrogens with one attached hydrogen (secondary N) is 1. The maximum atomic E-state index is 10.3. The Morgan fingerprint density at radius 1 is 1.40 bits per heavy atom. The maximum absolute atomic E-state index is 10.3. The van der Waals surface area contributed by atoms with Gasteiger partial charge in [-0.1, -0.05) is 6.07 Å². The number of fused-ring (bicyclic) bond motifs is 1. The Balaban J connectivity index is 2.03. The van der Waals surface area contributed by atoms with E-state index in [1.54, 1.807) is 13.3 Å². The van der Waals surface area contributed by atoms with Crippen LogP contribution in [0.3, 0.4) is 0 Å². The topological polar surface area (TPSA) is 80.7 Å². The number of rotatable bonds is 7. The molecule has 0 atom stereocenters. The molecule has 1 aromatic carbocycles. The van der Waals surface area contributed by atoms with Crippen LogP contribution >= 0.6 is 0 Å². The van der Waals surface area contributed by atoms with Gasteiger partial charge in [0, 0.05) is 18.1 Å². The quantitative estimate of drug-likeness (QED) is 0.750. The van der Waals surface area contributed by atoms with Gasteiger partial charge in [0.2, 0.25) is 0 Å². The molecule has 0 saturated carbocycles. The molecule has 0 aliphatic heterocycles. The SMILES string of the molecule is COc1ccc2ccnc(NCCOCC(=O)O)c2c1. The third-order valence-corrected chi connectivity index (χ3v) is 2.74. The molecule has 106 valence electrons. The number of carbonyl (C=O) groups is 1. The Labute approximate surface area is 116 Å². The van der Waals surface area contributed by atoms with E-state index in [-0.39, 0.29) is 6.61 Å². The van der Waals surface area contributed by atoms with Crippen molar-refractivity contribution in [1.29, 1.82) is 0 Å². The van der Waals surface area contributed by atoms with Gasteiger partial charge in [0.15, 0.2) is 0 Å². The third kappa shape index (κ3) is 3.58. The molecule has 1 heterocycles. The number of aliphatic carboxylic acids is 1. The highest BCUT2D eigenvalue weighted by atomic mass is 16.5. The summed E-state index contributed by atoms with van der Waals surface area (Å²) in [6.07, 6.45) is 1.72. The zero-order valence-electron chi connectivity index (χ0n) is 11.1. The highest BCUT2D eigenvalue weighted by molar-refractivity contribution is 5.92. The number of hydrogen-bond acceptors (Lipinski definition) is 5. The van der Waals surface area contributed by atoms with E-state index in [1.807, 2.05) is 24.3 Å². The number of benzene rings is 1. The second-order valence-electron chi connectivity index (χ2n) is 4.12. The van der Waals surface area contributed by atoms with Crippen molar-refractivity contribution in [2.24, 2.45) is 0 Å². The van der Waals surface area contributed by atoms with E-state index in [2.05, 4.69) is 10.3 Å². The lowest BCUT2D eigenvalue weighted by molar-refractivity contribution is -0.142. The minimum absolute atomic E-state index is 0.293. The number of pyridine rings is 1. The number of carboxylic acid groups (broad SMARTS) is 1. The van der Waals surface area contributed by atoms with Crippen LogP contribution in [-0.4, -0.2) is 42.9 Å². The summed E-state index contributed by atoms with van der Waals surface area (Å²) in [5, 5.41) is 13.6. The van der Waals surface area contributed by atoms with Crippen molar-refractivity contribution in [3.05, 3.63) is 30.5 Å². The van der Waals surface area contributed by atoms with Gasteiger partial charge in [0.25, 0.3) is 0 Å². The van der Waals surface area contributed by atoms with Crippen molar-refractivity contribution in [2.45, 2.75) is 0 Å². The molecule has 0 aliphatic carbocycles. The summed E-state index contributed by atoms with van der Waals surface area (Å²) in [4.78, 5) is 14.6. The van der Waals surface area contributed by atoms with Crippen LogP contribution in [0, 0.1) is 0 Å². The van der Waals surface area contributed by atoms with Crippen LogP contribution in [0.5, 0.6) is 5.75 Å². The van der Waals surface area contributed by atoms with E-state index in [0.717, 1.165) is 22.3 Å². The molecule has 6 heteroatoms. The van der Waals surface area contributed by atoms with Crippen LogP contribution < -0.4 is 10.1 Å². The summed E-state index contributed by atoms with van der Waals surface area (Å²) in [6.45, 7) is 0.489. The number of carboxylic acids is 1. The lowest BCUT2D eigenvalue weighted by Gasteiger charge is -2.09. The number of hydrogen-bond donors (Lipinski definition) is 2. The van der Waals surface area contributed by atoms with Gasteiger partial charge in [-0.2, -0.15) is 0 Å². The first-order valence-electron chi connectivity index (χ1n) is 6.17. The van der Waals surface area contributed by atoms with Gasteiger partial charge in [-0.15, -0.1) is 0 Å². The third-order valence-electron chi connectivity index (χ3n) is 2.74. The molecule has 2 rings (SSSR count). The predicted molar refractivity (Wildman–Crippen MR) is 75.2 cm³/mol. The summed E-state index contributed by atoms with van der Waals surface area (Å²) in [6, 6.07) is 7.67. The van der Waals surface area contributed by atoms with E-state index in [1.165, 1.54) is 0 Å². The molecule has 2 N–H and O–H groups in total. The first-order chi connectivity index (χ1) is 9.70. The first-order valence-corrected chi connectivity index (χ1v) is 6.17. The molecule has 0 unspecified atom stereocenters. The molecule has 0 saturated heterocycles. The summed E-state index contributed by atoms with van der Waals surface area (Å²) >= 11 is 0. The van der Waals surface area contributed by atoms with Crippen molar-refractivity contribution in [3.63, 3.8) is 0 Å². The molecular weight excluding hydrogens is 260 g/mol. The summed E-state index contributed by atoms with van der Waals surface area (Å²) < 4.78 is 10.2. The van der Waals surface area contributed by atoms with Gasteiger partial charge in [-0.3, -0.25) is 0 Å². The van der Waals surface area contributed by atoms with Crippen LogP contribution in [0.15, 0.2) is 30.5 Å². The van der Waals surface area contributed by atoms with Crippen LogP contribution in [0.4, 0.5) is 5.82 Å². The molecule has 1 aromatic heterocycles. The second kappa shape index (κ2) is 6.72. The van der Waals surface area contributed by atoms with E-state index < -0.39 is 5.97 Å². The first kappa shape index (κ1) is 14.1. The van der Waals surface area contributed by atoms with Crippen molar-refractivity contribution in [3.8, 4) is 5.75 Å². The van der Waals surface area contributed by atoms with Crippen molar-refractivity contribution < 1.29 is 19.4 Å². The molecule has 0 spiro atoms. The highest BCUT2D eigenvalue weighted by Crippen LogP contribution is 2.25. The lowest BCUT2D eigenvalue weighted by atomic mass is 10.1. The molecule has 0 radical (unpaired) electrons.